The first kappa shape index (κ1) is 14.2. The van der Waals surface area contributed by atoms with Crippen molar-refractivity contribution in [2.75, 3.05) is 5.32 Å². The van der Waals surface area contributed by atoms with Gasteiger partial charge in [-0.15, -0.1) is 11.3 Å². The van der Waals surface area contributed by atoms with Gasteiger partial charge in [-0.2, -0.15) is 0 Å². The van der Waals surface area contributed by atoms with E-state index in [1.807, 2.05) is 0 Å². The number of carbonyl (C=O) groups is 1. The molecule has 0 fully saturated rings. The van der Waals surface area contributed by atoms with Gasteiger partial charge in [0.2, 0.25) is 5.91 Å². The van der Waals surface area contributed by atoms with Crippen LogP contribution in [0.3, 0.4) is 0 Å². The second kappa shape index (κ2) is 5.93. The molecule has 1 heterocycles. The van der Waals surface area contributed by atoms with E-state index < -0.39 is 0 Å². The van der Waals surface area contributed by atoms with Crippen molar-refractivity contribution in [3.63, 3.8) is 0 Å². The molecule has 1 aromatic carbocycles. The standard InChI is InChI=1S/C16H17FN2OS/c1-10-6-7-13-14(8-10)21-16(18-13)19-15(20)9-11-4-2-3-5-12(11)17/h2-5,10H,6-9H2,1H3,(H,18,19,20)/t10-/m1/s1. The summed E-state index contributed by atoms with van der Waals surface area (Å²) in [7, 11) is 0. The second-order valence-electron chi connectivity index (χ2n) is 5.55. The topological polar surface area (TPSA) is 42.0 Å². The first-order valence-electron chi connectivity index (χ1n) is 7.13. The third kappa shape index (κ3) is 3.29. The zero-order chi connectivity index (χ0) is 14.8. The van der Waals surface area contributed by atoms with Crippen LogP contribution in [0.1, 0.15) is 29.5 Å². The lowest BCUT2D eigenvalue weighted by Gasteiger charge is -2.15. The number of carbonyl (C=O) groups excluding carboxylic acids is 1. The maximum absolute atomic E-state index is 13.5. The van der Waals surface area contributed by atoms with Crippen LogP contribution in [0.5, 0.6) is 0 Å². The predicted molar refractivity (Wildman–Crippen MR) is 82.0 cm³/mol. The van der Waals surface area contributed by atoms with Crippen LogP contribution in [0.4, 0.5) is 9.52 Å². The number of hydrogen-bond donors (Lipinski definition) is 1. The fraction of sp³-hybridized carbons (Fsp3) is 0.375. The molecule has 1 amide bonds. The van der Waals surface area contributed by atoms with Gasteiger partial charge >= 0.3 is 0 Å². The molecule has 1 N–H and O–H groups in total. The molecule has 1 atom stereocenters. The lowest BCUT2D eigenvalue weighted by Crippen LogP contribution is -2.15. The monoisotopic (exact) mass is 304 g/mol. The molecule has 5 heteroatoms. The highest BCUT2D eigenvalue weighted by atomic mass is 32.1. The number of hydrogen-bond acceptors (Lipinski definition) is 3. The normalized spacial score (nSPS) is 17.3. The lowest BCUT2D eigenvalue weighted by atomic mass is 9.93. The highest BCUT2D eigenvalue weighted by molar-refractivity contribution is 7.15. The molecular weight excluding hydrogens is 287 g/mol. The molecule has 3 rings (SSSR count). The Labute approximate surface area is 127 Å². The highest BCUT2D eigenvalue weighted by Crippen LogP contribution is 2.32. The zero-order valence-corrected chi connectivity index (χ0v) is 12.7. The Balaban J connectivity index is 1.67. The summed E-state index contributed by atoms with van der Waals surface area (Å²) in [5.41, 5.74) is 1.52. The van der Waals surface area contributed by atoms with E-state index in [4.69, 9.17) is 0 Å². The number of aryl methyl sites for hydroxylation is 1. The van der Waals surface area contributed by atoms with Crippen molar-refractivity contribution in [2.24, 2.45) is 5.92 Å². The lowest BCUT2D eigenvalue weighted by molar-refractivity contribution is -0.115. The summed E-state index contributed by atoms with van der Waals surface area (Å²) < 4.78 is 13.5. The van der Waals surface area contributed by atoms with Crippen molar-refractivity contribution in [1.82, 2.24) is 4.98 Å². The van der Waals surface area contributed by atoms with Gasteiger partial charge in [-0.25, -0.2) is 9.37 Å². The number of fused-ring (bicyclic) bond motifs is 1. The van der Waals surface area contributed by atoms with Gasteiger partial charge in [-0.3, -0.25) is 4.79 Å². The van der Waals surface area contributed by atoms with Crippen LogP contribution in [0, 0.1) is 11.7 Å². The maximum atomic E-state index is 13.5. The molecule has 3 nitrogen and oxygen atoms in total. The number of nitrogens with one attached hydrogen (secondary N) is 1. The molecule has 1 aromatic heterocycles. The third-order valence-electron chi connectivity index (χ3n) is 3.74. The van der Waals surface area contributed by atoms with Crippen LogP contribution in [-0.4, -0.2) is 10.9 Å². The Morgan fingerprint density at radius 2 is 2.29 bits per heavy atom. The van der Waals surface area contributed by atoms with Crippen molar-refractivity contribution < 1.29 is 9.18 Å². The van der Waals surface area contributed by atoms with Gasteiger partial charge in [0.15, 0.2) is 5.13 Å². The van der Waals surface area contributed by atoms with Crippen molar-refractivity contribution >= 4 is 22.4 Å². The average Bonchev–Trinajstić information content (AvgIpc) is 2.82. The third-order valence-corrected chi connectivity index (χ3v) is 4.78. The molecule has 1 aliphatic carbocycles. The van der Waals surface area contributed by atoms with Crippen LogP contribution in [0.25, 0.3) is 0 Å². The van der Waals surface area contributed by atoms with Gasteiger partial charge < -0.3 is 5.32 Å². The van der Waals surface area contributed by atoms with Crippen LogP contribution in [0.15, 0.2) is 24.3 Å². The highest BCUT2D eigenvalue weighted by Gasteiger charge is 2.20. The largest absolute Gasteiger partial charge is 0.302 e. The number of rotatable bonds is 3. The molecule has 0 spiro atoms. The van der Waals surface area contributed by atoms with Gasteiger partial charge in [0.1, 0.15) is 5.82 Å². The zero-order valence-electron chi connectivity index (χ0n) is 11.9. The molecule has 0 bridgehead atoms. The van der Waals surface area contributed by atoms with Gasteiger partial charge in [0.05, 0.1) is 12.1 Å². The molecule has 0 saturated carbocycles. The Bertz CT molecular complexity index is 668. The fourth-order valence-corrected chi connectivity index (χ4v) is 3.76. The summed E-state index contributed by atoms with van der Waals surface area (Å²) in [5, 5.41) is 3.43. The van der Waals surface area contributed by atoms with Crippen LogP contribution < -0.4 is 5.32 Å². The minimum absolute atomic E-state index is 0.0350. The van der Waals surface area contributed by atoms with Gasteiger partial charge in [0.25, 0.3) is 0 Å². The molecule has 0 saturated heterocycles. The summed E-state index contributed by atoms with van der Waals surface area (Å²) in [6.45, 7) is 2.24. The van der Waals surface area contributed by atoms with E-state index in [-0.39, 0.29) is 18.1 Å². The maximum Gasteiger partial charge on any atom is 0.230 e. The molecule has 0 unspecified atom stereocenters. The first-order chi connectivity index (χ1) is 10.1. The van der Waals surface area contributed by atoms with Crippen molar-refractivity contribution in [2.45, 2.75) is 32.6 Å². The van der Waals surface area contributed by atoms with E-state index in [1.54, 1.807) is 29.5 Å². The van der Waals surface area contributed by atoms with Gasteiger partial charge in [0, 0.05) is 4.88 Å². The summed E-state index contributed by atoms with van der Waals surface area (Å²) in [6.07, 6.45) is 3.21. The Kier molecular flexibility index (Phi) is 4.01. The Morgan fingerprint density at radius 1 is 1.48 bits per heavy atom. The van der Waals surface area contributed by atoms with E-state index in [9.17, 15) is 9.18 Å². The van der Waals surface area contributed by atoms with Crippen LogP contribution >= 0.6 is 11.3 Å². The minimum atomic E-state index is -0.347. The molecule has 110 valence electrons. The van der Waals surface area contributed by atoms with Crippen LogP contribution in [-0.2, 0) is 24.1 Å². The molecule has 0 radical (unpaired) electrons. The number of thiazole rings is 1. The van der Waals surface area contributed by atoms with Gasteiger partial charge in [-0.1, -0.05) is 25.1 Å². The summed E-state index contributed by atoms with van der Waals surface area (Å²) in [4.78, 5) is 17.8. The number of benzene rings is 1. The number of halogens is 1. The first-order valence-corrected chi connectivity index (χ1v) is 7.95. The summed E-state index contributed by atoms with van der Waals surface area (Å²) in [5.74, 6) is 0.110. The molecule has 0 aliphatic heterocycles. The molecular formula is C16H17FN2OS. The fourth-order valence-electron chi connectivity index (χ4n) is 2.57. The minimum Gasteiger partial charge on any atom is -0.302 e. The Morgan fingerprint density at radius 3 is 3.10 bits per heavy atom. The van der Waals surface area contributed by atoms with Crippen LogP contribution in [0.2, 0.25) is 0 Å². The number of aromatic nitrogens is 1. The number of nitrogens with zero attached hydrogens (tertiary/aromatic N) is 1. The molecule has 1 aliphatic rings. The average molecular weight is 304 g/mol. The van der Waals surface area contributed by atoms with Crippen molar-refractivity contribution in [1.29, 1.82) is 0 Å². The van der Waals surface area contributed by atoms with Crippen molar-refractivity contribution in [3.8, 4) is 0 Å². The van der Waals surface area contributed by atoms with E-state index in [0.717, 1.165) is 25.0 Å². The van der Waals surface area contributed by atoms with Crippen molar-refractivity contribution in [3.05, 3.63) is 46.2 Å². The predicted octanol–water partition coefficient (Wildman–Crippen LogP) is 3.59. The van der Waals surface area contributed by atoms with E-state index in [2.05, 4.69) is 17.2 Å². The summed E-state index contributed by atoms with van der Waals surface area (Å²) >= 11 is 1.55. The molecule has 21 heavy (non-hydrogen) atoms. The Hall–Kier alpha value is -1.75. The quantitative estimate of drug-likeness (QED) is 0.941. The summed E-state index contributed by atoms with van der Waals surface area (Å²) in [6, 6.07) is 6.34. The SMILES string of the molecule is C[C@@H]1CCc2nc(NC(=O)Cc3ccccc3F)sc2C1. The molecule has 2 aromatic rings. The van der Waals surface area contributed by atoms with E-state index in [1.165, 1.54) is 10.9 Å². The number of anilines is 1. The van der Waals surface area contributed by atoms with Gasteiger partial charge in [-0.05, 0) is 36.8 Å². The van der Waals surface area contributed by atoms with E-state index >= 15 is 0 Å². The number of amides is 1. The smallest absolute Gasteiger partial charge is 0.230 e. The van der Waals surface area contributed by atoms with E-state index in [0.29, 0.717) is 16.6 Å². The second-order valence-corrected chi connectivity index (χ2v) is 6.64.